The molecule has 1 aliphatic heterocycles. The van der Waals surface area contributed by atoms with E-state index in [0.717, 1.165) is 19.4 Å². The van der Waals surface area contributed by atoms with Crippen molar-refractivity contribution in [3.8, 4) is 0 Å². The van der Waals surface area contributed by atoms with Crippen molar-refractivity contribution in [3.63, 3.8) is 0 Å². The normalized spacial score (nSPS) is 21.9. The number of nitrogens with zero attached hydrogens (tertiary/aromatic N) is 1. The number of likely N-dealkylation sites (tertiary alicyclic amines) is 1. The molecule has 1 saturated heterocycles. The number of carbonyl (C=O) groups is 1. The number of aryl methyl sites for hydroxylation is 1. The molecule has 21 heavy (non-hydrogen) atoms. The Bertz CT molecular complexity index is 484. The summed E-state index contributed by atoms with van der Waals surface area (Å²) < 4.78 is 0. The first-order valence-electron chi connectivity index (χ1n) is 8.00. The maximum absolute atomic E-state index is 12.5. The molecule has 1 aliphatic rings. The number of amides is 1. The van der Waals surface area contributed by atoms with Gasteiger partial charge in [0.1, 0.15) is 0 Å². The summed E-state index contributed by atoms with van der Waals surface area (Å²) in [6.07, 6.45) is 2.25. The van der Waals surface area contributed by atoms with E-state index in [0.29, 0.717) is 13.0 Å². The maximum atomic E-state index is 12.5. The van der Waals surface area contributed by atoms with Crippen molar-refractivity contribution in [2.24, 2.45) is 5.92 Å². The number of aliphatic hydroxyl groups excluding tert-OH is 1. The van der Waals surface area contributed by atoms with Crippen molar-refractivity contribution >= 4 is 5.91 Å². The van der Waals surface area contributed by atoms with Crippen molar-refractivity contribution < 1.29 is 9.90 Å². The number of hydrogen-bond donors (Lipinski definition) is 1. The summed E-state index contributed by atoms with van der Waals surface area (Å²) in [7, 11) is 0. The Kier molecular flexibility index (Phi) is 5.40. The highest BCUT2D eigenvalue weighted by atomic mass is 16.3. The molecule has 1 N–H and O–H groups in total. The van der Waals surface area contributed by atoms with Crippen LogP contribution in [-0.4, -0.2) is 35.1 Å². The van der Waals surface area contributed by atoms with Gasteiger partial charge in [-0.15, -0.1) is 0 Å². The Morgan fingerprint density at radius 2 is 2.10 bits per heavy atom. The Morgan fingerprint density at radius 3 is 2.76 bits per heavy atom. The summed E-state index contributed by atoms with van der Waals surface area (Å²) in [6.45, 7) is 7.59. The van der Waals surface area contributed by atoms with Crippen LogP contribution in [0.3, 0.4) is 0 Å². The molecule has 1 aromatic carbocycles. The number of carbonyl (C=O) groups excluding carboxylic acids is 1. The molecule has 0 aromatic heterocycles. The molecule has 3 unspecified atom stereocenters. The average Bonchev–Trinajstić information content (AvgIpc) is 2.47. The van der Waals surface area contributed by atoms with Crippen LogP contribution in [0.4, 0.5) is 0 Å². The summed E-state index contributed by atoms with van der Waals surface area (Å²) in [6, 6.07) is 8.28. The third-order valence-corrected chi connectivity index (χ3v) is 4.69. The monoisotopic (exact) mass is 289 g/mol. The largest absolute Gasteiger partial charge is 0.393 e. The van der Waals surface area contributed by atoms with E-state index in [9.17, 15) is 9.90 Å². The van der Waals surface area contributed by atoms with Gasteiger partial charge < -0.3 is 10.0 Å². The molecule has 1 aromatic rings. The zero-order valence-corrected chi connectivity index (χ0v) is 13.4. The van der Waals surface area contributed by atoms with Gasteiger partial charge in [-0.25, -0.2) is 0 Å². The minimum atomic E-state index is -0.325. The smallest absolute Gasteiger partial charge is 0.223 e. The molecule has 3 nitrogen and oxygen atoms in total. The van der Waals surface area contributed by atoms with E-state index < -0.39 is 0 Å². The summed E-state index contributed by atoms with van der Waals surface area (Å²) in [5.41, 5.74) is 2.51. The van der Waals surface area contributed by atoms with Crippen LogP contribution in [0.1, 0.15) is 50.2 Å². The predicted molar refractivity (Wildman–Crippen MR) is 85.2 cm³/mol. The fourth-order valence-corrected chi connectivity index (χ4v) is 3.27. The second kappa shape index (κ2) is 7.08. The van der Waals surface area contributed by atoms with E-state index in [2.05, 4.69) is 26.0 Å². The molecule has 1 fully saturated rings. The van der Waals surface area contributed by atoms with Gasteiger partial charge in [0.25, 0.3) is 0 Å². The van der Waals surface area contributed by atoms with Crippen LogP contribution >= 0.6 is 0 Å². The molecule has 0 aliphatic carbocycles. The Labute approximate surface area is 128 Å². The molecule has 0 bridgehead atoms. The predicted octanol–water partition coefficient (Wildman–Crippen LogP) is 3.11. The van der Waals surface area contributed by atoms with Crippen LogP contribution in [0, 0.1) is 12.8 Å². The summed E-state index contributed by atoms with van der Waals surface area (Å²) >= 11 is 0. The molecule has 3 atom stereocenters. The molecule has 0 radical (unpaired) electrons. The lowest BCUT2D eigenvalue weighted by molar-refractivity contribution is -0.134. The fraction of sp³-hybridized carbons (Fsp3) is 0.611. The average molecular weight is 289 g/mol. The summed E-state index contributed by atoms with van der Waals surface area (Å²) in [5.74, 6) is 0.693. The molecule has 2 rings (SSSR count). The fourth-order valence-electron chi connectivity index (χ4n) is 3.27. The third kappa shape index (κ3) is 4.07. The topological polar surface area (TPSA) is 40.5 Å². The van der Waals surface area contributed by atoms with Gasteiger partial charge in [0.2, 0.25) is 5.91 Å². The Morgan fingerprint density at radius 1 is 1.38 bits per heavy atom. The highest BCUT2D eigenvalue weighted by molar-refractivity contribution is 5.77. The van der Waals surface area contributed by atoms with E-state index >= 15 is 0 Å². The van der Waals surface area contributed by atoms with Gasteiger partial charge in [0.15, 0.2) is 0 Å². The lowest BCUT2D eigenvalue weighted by atomic mass is 9.91. The Hall–Kier alpha value is -1.35. The van der Waals surface area contributed by atoms with Crippen molar-refractivity contribution in [2.75, 3.05) is 13.1 Å². The van der Waals surface area contributed by atoms with E-state index in [4.69, 9.17) is 0 Å². The first kappa shape index (κ1) is 16.0. The zero-order chi connectivity index (χ0) is 15.4. The van der Waals surface area contributed by atoms with Crippen LogP contribution in [-0.2, 0) is 4.79 Å². The van der Waals surface area contributed by atoms with E-state index in [-0.39, 0.29) is 23.8 Å². The van der Waals surface area contributed by atoms with Crippen molar-refractivity contribution in [1.82, 2.24) is 4.90 Å². The van der Waals surface area contributed by atoms with Gasteiger partial charge in [-0.2, -0.15) is 0 Å². The van der Waals surface area contributed by atoms with Gasteiger partial charge >= 0.3 is 0 Å². The van der Waals surface area contributed by atoms with Gasteiger partial charge in [0.05, 0.1) is 6.10 Å². The lowest BCUT2D eigenvalue weighted by Crippen LogP contribution is -2.43. The van der Waals surface area contributed by atoms with Crippen molar-refractivity contribution in [3.05, 3.63) is 35.4 Å². The number of rotatable bonds is 4. The Balaban J connectivity index is 1.96. The highest BCUT2D eigenvalue weighted by Crippen LogP contribution is 2.25. The molecule has 116 valence electrons. The van der Waals surface area contributed by atoms with E-state index in [1.807, 2.05) is 24.0 Å². The number of piperidine rings is 1. The summed E-state index contributed by atoms with van der Waals surface area (Å²) in [4.78, 5) is 14.4. The highest BCUT2D eigenvalue weighted by Gasteiger charge is 2.27. The summed E-state index contributed by atoms with van der Waals surface area (Å²) in [5, 5.41) is 9.74. The third-order valence-electron chi connectivity index (χ3n) is 4.69. The quantitative estimate of drug-likeness (QED) is 0.925. The first-order chi connectivity index (χ1) is 9.99. The second-order valence-corrected chi connectivity index (χ2v) is 6.44. The van der Waals surface area contributed by atoms with Gasteiger partial charge in [-0.3, -0.25) is 4.79 Å². The van der Waals surface area contributed by atoms with Gasteiger partial charge in [-0.1, -0.05) is 31.2 Å². The number of benzene rings is 1. The van der Waals surface area contributed by atoms with Crippen LogP contribution in [0.15, 0.2) is 24.3 Å². The van der Waals surface area contributed by atoms with Crippen molar-refractivity contribution in [2.45, 2.75) is 52.1 Å². The van der Waals surface area contributed by atoms with Crippen LogP contribution < -0.4 is 0 Å². The van der Waals surface area contributed by atoms with Crippen LogP contribution in [0.5, 0.6) is 0 Å². The molecule has 3 heteroatoms. The van der Waals surface area contributed by atoms with Crippen molar-refractivity contribution in [1.29, 1.82) is 0 Å². The minimum absolute atomic E-state index is 0.219. The molecular weight excluding hydrogens is 262 g/mol. The van der Waals surface area contributed by atoms with Crippen LogP contribution in [0.25, 0.3) is 0 Å². The number of aliphatic hydroxyl groups is 1. The number of hydrogen-bond acceptors (Lipinski definition) is 2. The zero-order valence-electron chi connectivity index (χ0n) is 13.4. The minimum Gasteiger partial charge on any atom is -0.393 e. The van der Waals surface area contributed by atoms with Crippen LogP contribution in [0.2, 0.25) is 0 Å². The molecule has 0 spiro atoms. The molecule has 1 amide bonds. The molecule has 0 saturated carbocycles. The molecule has 1 heterocycles. The second-order valence-electron chi connectivity index (χ2n) is 6.44. The van der Waals surface area contributed by atoms with Gasteiger partial charge in [0, 0.05) is 25.4 Å². The SMILES string of the molecule is Cc1ccccc1C(C)CC(=O)N1CCCC(C(C)O)C1. The maximum Gasteiger partial charge on any atom is 0.223 e. The standard InChI is InChI=1S/C18H27NO2/c1-13-7-4-5-9-17(13)14(2)11-18(21)19-10-6-8-16(12-19)15(3)20/h4-5,7,9,14-16,20H,6,8,10-12H2,1-3H3. The first-order valence-corrected chi connectivity index (χ1v) is 8.00. The molecular formula is C18H27NO2. The van der Waals surface area contributed by atoms with Gasteiger partial charge in [-0.05, 0) is 43.7 Å². The van der Waals surface area contributed by atoms with E-state index in [1.165, 1.54) is 11.1 Å². The lowest BCUT2D eigenvalue weighted by Gasteiger charge is -2.34. The van der Waals surface area contributed by atoms with E-state index in [1.54, 1.807) is 0 Å².